The number of amides is 1. The van der Waals surface area contributed by atoms with E-state index in [0.717, 1.165) is 12.8 Å². The smallest absolute Gasteiger partial charge is 0.336 e. The van der Waals surface area contributed by atoms with Gasteiger partial charge in [0.1, 0.15) is 0 Å². The van der Waals surface area contributed by atoms with Crippen LogP contribution < -0.4 is 11.1 Å². The van der Waals surface area contributed by atoms with Crippen LogP contribution in [0.2, 0.25) is 0 Å². The van der Waals surface area contributed by atoms with E-state index in [4.69, 9.17) is 5.73 Å². The molecule has 1 rings (SSSR count). The standard InChI is InChI=1S/C14H26N2O4/c1-4-9(5-2)12(16-8(3)17)11-10(15)6-7-14(11,20)13(18)19/h9-12,20H,4-7,15H2,1-3H3,(H,16,17)(H,18,19). The number of carboxylic acids is 1. The van der Waals surface area contributed by atoms with Crippen LogP contribution >= 0.6 is 0 Å². The van der Waals surface area contributed by atoms with Crippen LogP contribution in [-0.4, -0.2) is 39.8 Å². The number of carboxylic acid groups (broad SMARTS) is 1. The first kappa shape index (κ1) is 16.9. The summed E-state index contributed by atoms with van der Waals surface area (Å²) in [5, 5.41) is 22.7. The number of hydrogen-bond donors (Lipinski definition) is 4. The third-order valence-electron chi connectivity index (χ3n) is 4.56. The lowest BCUT2D eigenvalue weighted by atomic mass is 9.75. The van der Waals surface area contributed by atoms with Gasteiger partial charge in [-0.15, -0.1) is 0 Å². The summed E-state index contributed by atoms with van der Waals surface area (Å²) in [4.78, 5) is 22.9. The van der Waals surface area contributed by atoms with Gasteiger partial charge in [-0.3, -0.25) is 4.79 Å². The lowest BCUT2D eigenvalue weighted by Gasteiger charge is -2.39. The number of carbonyl (C=O) groups is 2. The molecule has 0 aromatic rings. The van der Waals surface area contributed by atoms with Crippen LogP contribution in [0.25, 0.3) is 0 Å². The Labute approximate surface area is 119 Å². The van der Waals surface area contributed by atoms with Gasteiger partial charge in [0, 0.05) is 24.9 Å². The highest BCUT2D eigenvalue weighted by atomic mass is 16.4. The summed E-state index contributed by atoms with van der Waals surface area (Å²) in [6, 6.07) is -0.838. The molecule has 116 valence electrons. The minimum Gasteiger partial charge on any atom is -0.479 e. The van der Waals surface area contributed by atoms with E-state index < -0.39 is 29.6 Å². The van der Waals surface area contributed by atoms with Crippen molar-refractivity contribution >= 4 is 11.9 Å². The van der Waals surface area contributed by atoms with Crippen molar-refractivity contribution < 1.29 is 19.8 Å². The van der Waals surface area contributed by atoms with E-state index in [2.05, 4.69) is 5.32 Å². The Kier molecular flexibility index (Phi) is 5.53. The van der Waals surface area contributed by atoms with Crippen LogP contribution in [0.1, 0.15) is 46.5 Å². The average molecular weight is 286 g/mol. The first-order chi connectivity index (χ1) is 9.27. The number of nitrogens with two attached hydrogens (primary N) is 1. The SMILES string of the molecule is CCC(CC)C(NC(C)=O)C1C(N)CCC1(O)C(=O)O. The Morgan fingerprint density at radius 3 is 2.35 bits per heavy atom. The van der Waals surface area contributed by atoms with Crippen molar-refractivity contribution in [2.45, 2.75) is 64.1 Å². The number of nitrogens with one attached hydrogen (secondary N) is 1. The molecule has 5 N–H and O–H groups in total. The summed E-state index contributed by atoms with van der Waals surface area (Å²) >= 11 is 0. The highest BCUT2D eigenvalue weighted by molar-refractivity contribution is 5.79. The first-order valence-corrected chi connectivity index (χ1v) is 7.26. The molecule has 1 amide bonds. The quantitative estimate of drug-likeness (QED) is 0.567. The van der Waals surface area contributed by atoms with Gasteiger partial charge in [-0.1, -0.05) is 26.7 Å². The molecular formula is C14H26N2O4. The monoisotopic (exact) mass is 286 g/mol. The van der Waals surface area contributed by atoms with Gasteiger partial charge in [0.15, 0.2) is 5.60 Å². The summed E-state index contributed by atoms with van der Waals surface area (Å²) in [5.74, 6) is -2.04. The van der Waals surface area contributed by atoms with Gasteiger partial charge < -0.3 is 21.3 Å². The number of rotatable bonds is 6. The van der Waals surface area contributed by atoms with Gasteiger partial charge in [-0.05, 0) is 18.8 Å². The van der Waals surface area contributed by atoms with Crippen molar-refractivity contribution in [2.75, 3.05) is 0 Å². The fourth-order valence-electron chi connectivity index (χ4n) is 3.43. The Morgan fingerprint density at radius 1 is 1.40 bits per heavy atom. The van der Waals surface area contributed by atoms with Gasteiger partial charge in [0.2, 0.25) is 5.91 Å². The summed E-state index contributed by atoms with van der Waals surface area (Å²) in [5.41, 5.74) is 4.19. The van der Waals surface area contributed by atoms with E-state index in [0.29, 0.717) is 6.42 Å². The fourth-order valence-corrected chi connectivity index (χ4v) is 3.43. The van der Waals surface area contributed by atoms with Crippen molar-refractivity contribution in [2.24, 2.45) is 17.6 Å². The Bertz CT molecular complexity index is 370. The molecule has 4 atom stereocenters. The predicted octanol–water partition coefficient (Wildman–Crippen LogP) is 0.480. The maximum Gasteiger partial charge on any atom is 0.336 e. The van der Waals surface area contributed by atoms with Gasteiger partial charge in [-0.2, -0.15) is 0 Å². The maximum absolute atomic E-state index is 11.5. The summed E-state index contributed by atoms with van der Waals surface area (Å²) in [6.45, 7) is 5.38. The predicted molar refractivity (Wildman–Crippen MR) is 75.0 cm³/mol. The molecule has 0 bridgehead atoms. The second-order valence-corrected chi connectivity index (χ2v) is 5.76. The third kappa shape index (κ3) is 3.12. The second kappa shape index (κ2) is 6.54. The summed E-state index contributed by atoms with van der Waals surface area (Å²) in [6.07, 6.45) is 2.16. The van der Waals surface area contributed by atoms with E-state index in [1.807, 2.05) is 13.8 Å². The van der Waals surface area contributed by atoms with Crippen molar-refractivity contribution in [1.29, 1.82) is 0 Å². The molecule has 0 aromatic carbocycles. The van der Waals surface area contributed by atoms with Crippen molar-refractivity contribution in [1.82, 2.24) is 5.32 Å². The lowest BCUT2D eigenvalue weighted by Crippen LogP contribution is -2.58. The normalized spacial score (nSPS) is 31.3. The van der Waals surface area contributed by atoms with Crippen LogP contribution in [0.3, 0.4) is 0 Å². The molecule has 1 aliphatic rings. The molecule has 0 spiro atoms. The topological polar surface area (TPSA) is 113 Å². The number of hydrogen-bond acceptors (Lipinski definition) is 4. The Balaban J connectivity index is 3.15. The molecule has 0 aromatic heterocycles. The number of carbonyl (C=O) groups excluding carboxylic acids is 1. The molecular weight excluding hydrogens is 260 g/mol. The van der Waals surface area contributed by atoms with Crippen molar-refractivity contribution in [3.05, 3.63) is 0 Å². The second-order valence-electron chi connectivity index (χ2n) is 5.76. The van der Waals surface area contributed by atoms with Crippen LogP contribution in [0.15, 0.2) is 0 Å². The van der Waals surface area contributed by atoms with E-state index in [-0.39, 0.29) is 18.2 Å². The number of aliphatic hydroxyl groups is 1. The zero-order valence-electron chi connectivity index (χ0n) is 12.4. The van der Waals surface area contributed by atoms with Gasteiger partial charge >= 0.3 is 5.97 Å². The Hall–Kier alpha value is -1.14. The lowest BCUT2D eigenvalue weighted by molar-refractivity contribution is -0.165. The molecule has 6 nitrogen and oxygen atoms in total. The molecule has 4 unspecified atom stereocenters. The highest BCUT2D eigenvalue weighted by Crippen LogP contribution is 2.40. The maximum atomic E-state index is 11.5. The molecule has 0 saturated heterocycles. The average Bonchev–Trinajstić information content (AvgIpc) is 2.66. The van der Waals surface area contributed by atoms with Crippen LogP contribution in [0, 0.1) is 11.8 Å². The summed E-state index contributed by atoms with van der Waals surface area (Å²) < 4.78 is 0. The number of aliphatic carboxylic acids is 1. The van der Waals surface area contributed by atoms with E-state index in [1.165, 1.54) is 6.92 Å². The minimum absolute atomic E-state index is 0.0962. The van der Waals surface area contributed by atoms with Crippen LogP contribution in [-0.2, 0) is 9.59 Å². The van der Waals surface area contributed by atoms with Gasteiger partial charge in [-0.25, -0.2) is 4.79 Å². The molecule has 1 aliphatic carbocycles. The Morgan fingerprint density at radius 2 is 1.95 bits per heavy atom. The zero-order chi connectivity index (χ0) is 15.5. The zero-order valence-corrected chi connectivity index (χ0v) is 12.4. The first-order valence-electron chi connectivity index (χ1n) is 7.26. The van der Waals surface area contributed by atoms with E-state index >= 15 is 0 Å². The third-order valence-corrected chi connectivity index (χ3v) is 4.56. The van der Waals surface area contributed by atoms with Crippen LogP contribution in [0.4, 0.5) is 0 Å². The van der Waals surface area contributed by atoms with Gasteiger partial charge in [0.25, 0.3) is 0 Å². The molecule has 0 aliphatic heterocycles. The van der Waals surface area contributed by atoms with Crippen molar-refractivity contribution in [3.63, 3.8) is 0 Å². The van der Waals surface area contributed by atoms with E-state index in [9.17, 15) is 19.8 Å². The molecule has 0 radical (unpaired) electrons. The van der Waals surface area contributed by atoms with Crippen molar-refractivity contribution in [3.8, 4) is 0 Å². The molecule has 1 saturated carbocycles. The van der Waals surface area contributed by atoms with Gasteiger partial charge in [0.05, 0.1) is 0 Å². The molecule has 6 heteroatoms. The molecule has 0 heterocycles. The fraction of sp³-hybridized carbons (Fsp3) is 0.857. The largest absolute Gasteiger partial charge is 0.479 e. The highest BCUT2D eigenvalue weighted by Gasteiger charge is 2.55. The van der Waals surface area contributed by atoms with Crippen LogP contribution in [0.5, 0.6) is 0 Å². The molecule has 1 fully saturated rings. The molecule has 20 heavy (non-hydrogen) atoms. The minimum atomic E-state index is -1.85. The van der Waals surface area contributed by atoms with E-state index in [1.54, 1.807) is 0 Å². The summed E-state index contributed by atoms with van der Waals surface area (Å²) in [7, 11) is 0.